The van der Waals surface area contributed by atoms with E-state index < -0.39 is 6.04 Å². The van der Waals surface area contributed by atoms with Crippen LogP contribution in [0.1, 0.15) is 6.42 Å². The first-order valence-electron chi connectivity index (χ1n) is 8.95. The zero-order valence-corrected chi connectivity index (χ0v) is 15.1. The Morgan fingerprint density at radius 1 is 1.00 bits per heavy atom. The molecule has 2 saturated heterocycles. The van der Waals surface area contributed by atoms with Crippen molar-refractivity contribution >= 4 is 23.5 Å². The summed E-state index contributed by atoms with van der Waals surface area (Å²) in [6.07, 6.45) is 3.64. The number of nitrogens with zero attached hydrogens (tertiary/aromatic N) is 5. The van der Waals surface area contributed by atoms with Crippen molar-refractivity contribution in [2.24, 2.45) is 0 Å². The summed E-state index contributed by atoms with van der Waals surface area (Å²) in [6, 6.07) is 8.46. The molecule has 1 aromatic heterocycles. The molecule has 2 aliphatic rings. The van der Waals surface area contributed by atoms with Crippen molar-refractivity contribution in [2.45, 2.75) is 12.5 Å². The first kappa shape index (κ1) is 17.4. The first-order chi connectivity index (χ1) is 13.2. The van der Waals surface area contributed by atoms with Crippen LogP contribution in [0.25, 0.3) is 0 Å². The van der Waals surface area contributed by atoms with Gasteiger partial charge in [-0.05, 0) is 18.2 Å². The van der Waals surface area contributed by atoms with Gasteiger partial charge in [0, 0.05) is 38.6 Å². The molecular formula is C19H21N5O3. The summed E-state index contributed by atoms with van der Waals surface area (Å²) >= 11 is 0. The Kier molecular flexibility index (Phi) is 4.72. The lowest BCUT2D eigenvalue weighted by atomic mass is 10.2. The molecule has 1 aromatic carbocycles. The average molecular weight is 367 g/mol. The van der Waals surface area contributed by atoms with Crippen LogP contribution in [-0.2, 0) is 9.59 Å². The summed E-state index contributed by atoms with van der Waals surface area (Å²) in [6.45, 7) is 2.80. The predicted octanol–water partition coefficient (Wildman–Crippen LogP) is 0.939. The summed E-state index contributed by atoms with van der Waals surface area (Å²) < 4.78 is 5.32. The van der Waals surface area contributed by atoms with Gasteiger partial charge in [0.2, 0.25) is 11.9 Å². The number of amides is 2. The number of aromatic nitrogens is 2. The number of methoxy groups -OCH3 is 1. The van der Waals surface area contributed by atoms with Crippen LogP contribution < -0.4 is 14.5 Å². The summed E-state index contributed by atoms with van der Waals surface area (Å²) in [4.78, 5) is 39.6. The molecule has 140 valence electrons. The Bertz CT molecular complexity index is 836. The summed E-state index contributed by atoms with van der Waals surface area (Å²) in [5, 5.41) is 0. The van der Waals surface area contributed by atoms with Crippen LogP contribution in [0.4, 0.5) is 11.6 Å². The van der Waals surface area contributed by atoms with Crippen molar-refractivity contribution < 1.29 is 14.3 Å². The van der Waals surface area contributed by atoms with Crippen molar-refractivity contribution in [3.05, 3.63) is 42.7 Å². The normalized spacial score (nSPS) is 21.0. The maximum Gasteiger partial charge on any atom is 0.251 e. The van der Waals surface area contributed by atoms with Gasteiger partial charge in [0.05, 0.1) is 25.3 Å². The molecule has 1 unspecified atom stereocenters. The third kappa shape index (κ3) is 3.23. The highest BCUT2D eigenvalue weighted by Gasteiger charge is 2.44. The van der Waals surface area contributed by atoms with Gasteiger partial charge in [0.15, 0.2) is 0 Å². The van der Waals surface area contributed by atoms with Crippen molar-refractivity contribution in [2.75, 3.05) is 43.1 Å². The highest BCUT2D eigenvalue weighted by molar-refractivity contribution is 6.23. The number of anilines is 2. The average Bonchev–Trinajstić information content (AvgIpc) is 3.02. The van der Waals surface area contributed by atoms with Gasteiger partial charge in [-0.1, -0.05) is 12.1 Å². The van der Waals surface area contributed by atoms with E-state index in [1.54, 1.807) is 36.7 Å². The van der Waals surface area contributed by atoms with Crippen LogP contribution in [-0.4, -0.2) is 66.0 Å². The van der Waals surface area contributed by atoms with E-state index in [4.69, 9.17) is 4.74 Å². The minimum atomic E-state index is -0.429. The molecule has 8 nitrogen and oxygen atoms in total. The molecule has 0 bridgehead atoms. The highest BCUT2D eigenvalue weighted by atomic mass is 16.5. The SMILES string of the molecule is COc1ccccc1N1C(=O)CC(N2CCN(c3ncccn3)CC2)C1=O. The van der Waals surface area contributed by atoms with E-state index in [9.17, 15) is 9.59 Å². The van der Waals surface area contributed by atoms with E-state index in [1.165, 1.54) is 12.0 Å². The lowest BCUT2D eigenvalue weighted by molar-refractivity contribution is -0.123. The van der Waals surface area contributed by atoms with Crippen molar-refractivity contribution in [3.8, 4) is 5.75 Å². The fraction of sp³-hybridized carbons (Fsp3) is 0.368. The molecule has 0 N–H and O–H groups in total. The number of carbonyl (C=O) groups is 2. The number of benzene rings is 1. The predicted molar refractivity (Wildman–Crippen MR) is 99.7 cm³/mol. The van der Waals surface area contributed by atoms with Gasteiger partial charge in [-0.2, -0.15) is 0 Å². The molecule has 2 aromatic rings. The Morgan fingerprint density at radius 2 is 1.70 bits per heavy atom. The molecule has 4 rings (SSSR count). The summed E-state index contributed by atoms with van der Waals surface area (Å²) in [5.74, 6) is 0.838. The molecule has 8 heteroatoms. The van der Waals surface area contributed by atoms with Gasteiger partial charge in [-0.15, -0.1) is 0 Å². The zero-order valence-electron chi connectivity index (χ0n) is 15.1. The fourth-order valence-electron chi connectivity index (χ4n) is 3.66. The maximum absolute atomic E-state index is 13.0. The third-order valence-electron chi connectivity index (χ3n) is 5.04. The van der Waals surface area contributed by atoms with Gasteiger partial charge < -0.3 is 9.64 Å². The lowest BCUT2D eigenvalue weighted by Gasteiger charge is -2.36. The van der Waals surface area contributed by atoms with Gasteiger partial charge >= 0.3 is 0 Å². The molecule has 2 fully saturated rings. The molecular weight excluding hydrogens is 346 g/mol. The third-order valence-corrected chi connectivity index (χ3v) is 5.04. The molecule has 0 aliphatic carbocycles. The second-order valence-corrected chi connectivity index (χ2v) is 6.53. The molecule has 2 aliphatic heterocycles. The van der Waals surface area contributed by atoms with Gasteiger partial charge in [0.25, 0.3) is 5.91 Å². The number of carbonyl (C=O) groups excluding carboxylic acids is 2. The van der Waals surface area contributed by atoms with Gasteiger partial charge in [-0.25, -0.2) is 14.9 Å². The minimum absolute atomic E-state index is 0.186. The van der Waals surface area contributed by atoms with Gasteiger partial charge in [-0.3, -0.25) is 14.5 Å². The Hall–Kier alpha value is -3.00. The summed E-state index contributed by atoms with van der Waals surface area (Å²) in [5.41, 5.74) is 0.508. The fourth-order valence-corrected chi connectivity index (χ4v) is 3.66. The van der Waals surface area contributed by atoms with E-state index in [1.807, 2.05) is 6.07 Å². The molecule has 3 heterocycles. The Balaban J connectivity index is 1.47. The first-order valence-corrected chi connectivity index (χ1v) is 8.95. The van der Waals surface area contributed by atoms with E-state index in [0.717, 1.165) is 13.1 Å². The Morgan fingerprint density at radius 3 is 2.41 bits per heavy atom. The molecule has 1 atom stereocenters. The lowest BCUT2D eigenvalue weighted by Crippen LogP contribution is -2.53. The molecule has 27 heavy (non-hydrogen) atoms. The number of ether oxygens (including phenoxy) is 1. The van der Waals surface area contributed by atoms with Crippen molar-refractivity contribution in [1.29, 1.82) is 0 Å². The monoisotopic (exact) mass is 367 g/mol. The van der Waals surface area contributed by atoms with Crippen LogP contribution in [0.3, 0.4) is 0 Å². The quantitative estimate of drug-likeness (QED) is 0.744. The van der Waals surface area contributed by atoms with Crippen LogP contribution in [0.2, 0.25) is 0 Å². The largest absolute Gasteiger partial charge is 0.495 e. The second-order valence-electron chi connectivity index (χ2n) is 6.53. The van der Waals surface area contributed by atoms with Crippen LogP contribution in [0.15, 0.2) is 42.7 Å². The Labute approximate surface area is 157 Å². The van der Waals surface area contributed by atoms with Crippen LogP contribution >= 0.6 is 0 Å². The van der Waals surface area contributed by atoms with E-state index >= 15 is 0 Å². The maximum atomic E-state index is 13.0. The standard InChI is InChI=1S/C19H21N5O3/c1-27-16-6-3-2-5-14(16)24-17(25)13-15(18(24)26)22-9-11-23(12-10-22)19-20-7-4-8-21-19/h2-8,15H,9-13H2,1H3. The van der Waals surface area contributed by atoms with Crippen LogP contribution in [0.5, 0.6) is 5.75 Å². The smallest absolute Gasteiger partial charge is 0.251 e. The van der Waals surface area contributed by atoms with Crippen LogP contribution in [0, 0.1) is 0 Å². The number of imide groups is 1. The van der Waals surface area contributed by atoms with E-state index in [-0.39, 0.29) is 18.2 Å². The zero-order chi connectivity index (χ0) is 18.8. The second kappa shape index (κ2) is 7.32. The molecule has 2 amide bonds. The molecule has 0 saturated carbocycles. The number of para-hydroxylation sites is 2. The van der Waals surface area contributed by atoms with Crippen molar-refractivity contribution in [3.63, 3.8) is 0 Å². The van der Waals surface area contributed by atoms with Crippen molar-refractivity contribution in [1.82, 2.24) is 14.9 Å². The number of piperazine rings is 1. The number of hydrogen-bond donors (Lipinski definition) is 0. The highest BCUT2D eigenvalue weighted by Crippen LogP contribution is 2.33. The molecule has 0 radical (unpaired) electrons. The number of rotatable bonds is 4. The summed E-state index contributed by atoms with van der Waals surface area (Å²) in [7, 11) is 1.53. The molecule has 0 spiro atoms. The topological polar surface area (TPSA) is 78.9 Å². The van der Waals surface area contributed by atoms with E-state index in [0.29, 0.717) is 30.5 Å². The van der Waals surface area contributed by atoms with E-state index in [2.05, 4.69) is 19.8 Å². The minimum Gasteiger partial charge on any atom is -0.495 e. The number of hydrogen-bond acceptors (Lipinski definition) is 7. The van der Waals surface area contributed by atoms with Gasteiger partial charge in [0.1, 0.15) is 5.75 Å².